The highest BCUT2D eigenvalue weighted by atomic mass is 19.1. The van der Waals surface area contributed by atoms with Crippen molar-refractivity contribution in [3.63, 3.8) is 0 Å². The number of hydrogen-bond donors (Lipinski definition) is 2. The molecule has 19 heavy (non-hydrogen) atoms. The third-order valence-electron chi connectivity index (χ3n) is 2.28. The number of carbonyl (C=O) groups is 1. The number of carbonyl (C=O) groups excluding carboxylic acids is 1. The largest absolute Gasteiger partial charge is 0.371 e. The number of hydrogen-bond acceptors (Lipinski definition) is 4. The normalized spacial score (nSPS) is 10.3. The Morgan fingerprint density at radius 3 is 2.63 bits per heavy atom. The molecule has 0 unspecified atom stereocenters. The van der Waals surface area contributed by atoms with Crippen LogP contribution in [0.3, 0.4) is 0 Å². The summed E-state index contributed by atoms with van der Waals surface area (Å²) in [5, 5.41) is 8.37. The predicted molar refractivity (Wildman–Crippen MR) is 64.7 cm³/mol. The van der Waals surface area contributed by atoms with Gasteiger partial charge in [0.1, 0.15) is 23.1 Å². The van der Waals surface area contributed by atoms with Crippen molar-refractivity contribution in [2.24, 2.45) is 0 Å². The molecular formula is C12H11F2N3O2. The fourth-order valence-electron chi connectivity index (χ4n) is 1.45. The zero-order chi connectivity index (χ0) is 13.8. The smallest absolute Gasteiger partial charge is 0.244 e. The lowest BCUT2D eigenvalue weighted by Gasteiger charge is -2.07. The Bertz CT molecular complexity index is 578. The molecule has 0 atom stereocenters. The van der Waals surface area contributed by atoms with Crippen LogP contribution in [0.1, 0.15) is 5.76 Å². The monoisotopic (exact) mass is 267 g/mol. The van der Waals surface area contributed by atoms with E-state index >= 15 is 0 Å². The van der Waals surface area contributed by atoms with Crippen LogP contribution in [0.2, 0.25) is 0 Å². The molecule has 7 heteroatoms. The molecule has 1 heterocycles. The number of halogens is 2. The number of nitrogens with zero attached hydrogens (tertiary/aromatic N) is 1. The van der Waals surface area contributed by atoms with Gasteiger partial charge in [0.15, 0.2) is 5.82 Å². The van der Waals surface area contributed by atoms with Gasteiger partial charge < -0.3 is 15.2 Å². The van der Waals surface area contributed by atoms with Crippen LogP contribution in [0.25, 0.3) is 0 Å². The van der Waals surface area contributed by atoms with E-state index in [4.69, 9.17) is 4.52 Å². The average molecular weight is 267 g/mol. The van der Waals surface area contributed by atoms with Crippen LogP contribution in [0.15, 0.2) is 28.8 Å². The Balaban J connectivity index is 1.93. The highest BCUT2D eigenvalue weighted by Gasteiger charge is 2.10. The van der Waals surface area contributed by atoms with Gasteiger partial charge in [-0.05, 0) is 19.1 Å². The SMILES string of the molecule is Cc1cc(NC(=O)CNc2c(F)cccc2F)no1. The Kier molecular flexibility index (Phi) is 3.74. The van der Waals surface area contributed by atoms with Crippen molar-refractivity contribution in [3.8, 4) is 0 Å². The van der Waals surface area contributed by atoms with Gasteiger partial charge in [0.2, 0.25) is 5.91 Å². The molecule has 0 aliphatic rings. The molecule has 0 radical (unpaired) electrons. The summed E-state index contributed by atoms with van der Waals surface area (Å²) in [5.74, 6) is -1.21. The summed E-state index contributed by atoms with van der Waals surface area (Å²) in [5.41, 5.74) is -0.339. The molecule has 2 rings (SSSR count). The van der Waals surface area contributed by atoms with Crippen LogP contribution in [0.5, 0.6) is 0 Å². The molecule has 2 N–H and O–H groups in total. The van der Waals surface area contributed by atoms with Crippen LogP contribution in [0.4, 0.5) is 20.3 Å². The van der Waals surface area contributed by atoms with Crippen molar-refractivity contribution < 1.29 is 18.1 Å². The van der Waals surface area contributed by atoms with E-state index in [1.54, 1.807) is 6.92 Å². The number of amides is 1. The Hall–Kier alpha value is -2.44. The maximum absolute atomic E-state index is 13.3. The zero-order valence-electron chi connectivity index (χ0n) is 10.0. The number of benzene rings is 1. The summed E-state index contributed by atoms with van der Waals surface area (Å²) in [7, 11) is 0. The summed E-state index contributed by atoms with van der Waals surface area (Å²) in [6.45, 7) is 1.39. The quantitative estimate of drug-likeness (QED) is 0.892. The maximum atomic E-state index is 13.3. The summed E-state index contributed by atoms with van der Waals surface area (Å²) in [6.07, 6.45) is 0. The Labute approximate surface area is 107 Å². The number of nitrogens with one attached hydrogen (secondary N) is 2. The molecule has 5 nitrogen and oxygen atoms in total. The maximum Gasteiger partial charge on any atom is 0.244 e. The van der Waals surface area contributed by atoms with Crippen molar-refractivity contribution in [2.75, 3.05) is 17.2 Å². The molecule has 1 aromatic heterocycles. The van der Waals surface area contributed by atoms with Gasteiger partial charge in [0.25, 0.3) is 0 Å². The molecule has 100 valence electrons. The van der Waals surface area contributed by atoms with Crippen molar-refractivity contribution in [1.82, 2.24) is 5.16 Å². The van der Waals surface area contributed by atoms with Crippen molar-refractivity contribution in [3.05, 3.63) is 41.7 Å². The first-order chi connectivity index (χ1) is 9.06. The molecule has 0 saturated carbocycles. The zero-order valence-corrected chi connectivity index (χ0v) is 10.0. The summed E-state index contributed by atoms with van der Waals surface area (Å²) >= 11 is 0. The molecule has 0 saturated heterocycles. The Morgan fingerprint density at radius 2 is 2.05 bits per heavy atom. The predicted octanol–water partition coefficient (Wildman–Crippen LogP) is 2.31. The number of rotatable bonds is 4. The van der Waals surface area contributed by atoms with Gasteiger partial charge in [0.05, 0.1) is 6.54 Å². The number of aryl methyl sites for hydroxylation is 1. The van der Waals surface area contributed by atoms with E-state index in [9.17, 15) is 13.6 Å². The molecule has 0 bridgehead atoms. The molecule has 0 spiro atoms. The van der Waals surface area contributed by atoms with Gasteiger partial charge in [-0.3, -0.25) is 4.79 Å². The molecule has 2 aromatic rings. The third kappa shape index (κ3) is 3.27. The van der Waals surface area contributed by atoms with E-state index in [2.05, 4.69) is 15.8 Å². The minimum Gasteiger partial charge on any atom is -0.371 e. The first-order valence-electron chi connectivity index (χ1n) is 5.47. The fourth-order valence-corrected chi connectivity index (χ4v) is 1.45. The van der Waals surface area contributed by atoms with Crippen LogP contribution in [-0.2, 0) is 4.79 Å². The van der Waals surface area contributed by atoms with E-state index in [0.717, 1.165) is 12.1 Å². The van der Waals surface area contributed by atoms with Crippen molar-refractivity contribution in [1.29, 1.82) is 0 Å². The second-order valence-corrected chi connectivity index (χ2v) is 3.82. The van der Waals surface area contributed by atoms with E-state index in [0.29, 0.717) is 5.76 Å². The van der Waals surface area contributed by atoms with Gasteiger partial charge in [-0.15, -0.1) is 0 Å². The molecule has 1 aromatic carbocycles. The van der Waals surface area contributed by atoms with Gasteiger partial charge in [0, 0.05) is 6.07 Å². The van der Waals surface area contributed by atoms with Crippen LogP contribution < -0.4 is 10.6 Å². The molecule has 0 aliphatic heterocycles. The third-order valence-corrected chi connectivity index (χ3v) is 2.28. The topological polar surface area (TPSA) is 67.2 Å². The van der Waals surface area contributed by atoms with Gasteiger partial charge >= 0.3 is 0 Å². The number of para-hydroxylation sites is 1. The second-order valence-electron chi connectivity index (χ2n) is 3.82. The van der Waals surface area contributed by atoms with Crippen molar-refractivity contribution in [2.45, 2.75) is 6.92 Å². The fraction of sp³-hybridized carbons (Fsp3) is 0.167. The highest BCUT2D eigenvalue weighted by molar-refractivity contribution is 5.92. The van der Waals surface area contributed by atoms with Crippen LogP contribution in [0, 0.1) is 18.6 Å². The average Bonchev–Trinajstić information content (AvgIpc) is 2.74. The van der Waals surface area contributed by atoms with E-state index in [1.165, 1.54) is 12.1 Å². The van der Waals surface area contributed by atoms with Crippen LogP contribution >= 0.6 is 0 Å². The van der Waals surface area contributed by atoms with E-state index < -0.39 is 17.5 Å². The summed E-state index contributed by atoms with van der Waals surface area (Å²) in [4.78, 5) is 11.5. The van der Waals surface area contributed by atoms with Gasteiger partial charge in [-0.25, -0.2) is 8.78 Å². The summed E-state index contributed by atoms with van der Waals surface area (Å²) < 4.78 is 31.3. The molecular weight excluding hydrogens is 256 g/mol. The lowest BCUT2D eigenvalue weighted by atomic mass is 10.3. The number of aromatic nitrogens is 1. The second kappa shape index (κ2) is 5.47. The van der Waals surface area contributed by atoms with Crippen LogP contribution in [-0.4, -0.2) is 17.6 Å². The number of anilines is 2. The first kappa shape index (κ1) is 13.0. The molecule has 0 fully saturated rings. The first-order valence-corrected chi connectivity index (χ1v) is 5.47. The summed E-state index contributed by atoms with van der Waals surface area (Å²) in [6, 6.07) is 4.98. The lowest BCUT2D eigenvalue weighted by Crippen LogP contribution is -2.22. The molecule has 0 aliphatic carbocycles. The van der Waals surface area contributed by atoms with E-state index in [1.807, 2.05) is 0 Å². The van der Waals surface area contributed by atoms with Crippen molar-refractivity contribution >= 4 is 17.4 Å². The minimum atomic E-state index is -0.759. The standard InChI is InChI=1S/C12H11F2N3O2/c1-7-5-10(17-19-7)16-11(18)6-15-12-8(13)3-2-4-9(12)14/h2-5,15H,6H2,1H3,(H,16,17,18). The minimum absolute atomic E-state index is 0.248. The molecule has 1 amide bonds. The Morgan fingerprint density at radius 1 is 1.37 bits per heavy atom. The van der Waals surface area contributed by atoms with E-state index in [-0.39, 0.29) is 18.1 Å². The highest BCUT2D eigenvalue weighted by Crippen LogP contribution is 2.17. The van der Waals surface area contributed by atoms with Gasteiger partial charge in [-0.2, -0.15) is 0 Å². The van der Waals surface area contributed by atoms with Gasteiger partial charge in [-0.1, -0.05) is 11.2 Å². The lowest BCUT2D eigenvalue weighted by molar-refractivity contribution is -0.114.